The van der Waals surface area contributed by atoms with Crippen molar-refractivity contribution < 1.29 is 19.4 Å². The van der Waals surface area contributed by atoms with E-state index in [1.165, 1.54) is 9.70 Å². The fourth-order valence-corrected chi connectivity index (χ4v) is 2.71. The number of rotatable bonds is 3. The summed E-state index contributed by atoms with van der Waals surface area (Å²) in [6.07, 6.45) is 0.691. The number of amides is 1. The van der Waals surface area contributed by atoms with Crippen LogP contribution in [0.5, 0.6) is 0 Å². The highest BCUT2D eigenvalue weighted by molar-refractivity contribution is 5.77. The Labute approximate surface area is 134 Å². The van der Waals surface area contributed by atoms with Gasteiger partial charge in [-0.15, -0.1) is 10.2 Å². The van der Waals surface area contributed by atoms with E-state index < -0.39 is 23.1 Å². The molecule has 9 heteroatoms. The number of ether oxygens (including phenoxy) is 1. The normalized spacial score (nSPS) is 22.0. The number of tetrazole rings is 1. The number of aliphatic carboxylic acids is 1. The van der Waals surface area contributed by atoms with E-state index in [2.05, 4.69) is 15.4 Å². The van der Waals surface area contributed by atoms with Gasteiger partial charge < -0.3 is 14.7 Å². The van der Waals surface area contributed by atoms with Crippen LogP contribution in [0.15, 0.2) is 0 Å². The lowest BCUT2D eigenvalue weighted by atomic mass is 9.77. The number of aromatic nitrogens is 4. The van der Waals surface area contributed by atoms with E-state index >= 15 is 0 Å². The highest BCUT2D eigenvalue weighted by Gasteiger charge is 2.45. The van der Waals surface area contributed by atoms with E-state index in [1.54, 1.807) is 27.8 Å². The van der Waals surface area contributed by atoms with Crippen molar-refractivity contribution in [3.05, 3.63) is 5.82 Å². The molecule has 0 radical (unpaired) electrons. The summed E-state index contributed by atoms with van der Waals surface area (Å²) in [4.78, 5) is 26.9. The molecule has 1 saturated heterocycles. The molecule has 1 aromatic rings. The summed E-state index contributed by atoms with van der Waals surface area (Å²) in [7, 11) is 1.62. The van der Waals surface area contributed by atoms with Crippen LogP contribution in [-0.4, -0.2) is 61.0 Å². The maximum Gasteiger partial charge on any atom is 0.410 e. The van der Waals surface area contributed by atoms with Crippen molar-refractivity contribution in [3.63, 3.8) is 0 Å². The van der Waals surface area contributed by atoms with Gasteiger partial charge in [0.15, 0.2) is 5.82 Å². The Morgan fingerprint density at radius 3 is 2.61 bits per heavy atom. The smallest absolute Gasteiger partial charge is 0.410 e. The average molecular weight is 325 g/mol. The van der Waals surface area contributed by atoms with Gasteiger partial charge >= 0.3 is 12.1 Å². The quantitative estimate of drug-likeness (QED) is 0.877. The molecule has 1 N–H and O–H groups in total. The second-order valence-electron chi connectivity index (χ2n) is 6.96. The van der Waals surface area contributed by atoms with Gasteiger partial charge in [0.1, 0.15) is 5.60 Å². The number of hydrogen-bond donors (Lipinski definition) is 1. The largest absolute Gasteiger partial charge is 0.481 e. The second kappa shape index (κ2) is 6.13. The molecule has 0 spiro atoms. The van der Waals surface area contributed by atoms with Gasteiger partial charge in [-0.1, -0.05) is 0 Å². The Kier molecular flexibility index (Phi) is 4.58. The molecule has 0 aromatic carbocycles. The number of carboxylic acid groups (broad SMARTS) is 1. The predicted octanol–water partition coefficient (Wildman–Crippen LogP) is 0.854. The maximum absolute atomic E-state index is 12.2. The fourth-order valence-electron chi connectivity index (χ4n) is 2.71. The summed E-state index contributed by atoms with van der Waals surface area (Å²) >= 11 is 0. The summed E-state index contributed by atoms with van der Waals surface area (Å²) in [5.41, 5.74) is -1.73. The molecular formula is C14H23N5O4. The summed E-state index contributed by atoms with van der Waals surface area (Å²) in [6.45, 7) is 5.90. The molecule has 1 unspecified atom stereocenters. The van der Waals surface area contributed by atoms with Crippen molar-refractivity contribution in [3.8, 4) is 0 Å². The lowest BCUT2D eigenvalue weighted by Crippen LogP contribution is -2.52. The average Bonchev–Trinajstić information content (AvgIpc) is 2.82. The Bertz CT molecular complexity index is 594. The molecule has 1 amide bonds. The van der Waals surface area contributed by atoms with Crippen molar-refractivity contribution in [1.29, 1.82) is 0 Å². The summed E-state index contributed by atoms with van der Waals surface area (Å²) in [5.74, 6) is -0.598. The Morgan fingerprint density at radius 1 is 1.39 bits per heavy atom. The Hall–Kier alpha value is -2.19. The predicted molar refractivity (Wildman–Crippen MR) is 79.6 cm³/mol. The van der Waals surface area contributed by atoms with Crippen LogP contribution in [0, 0.1) is 5.41 Å². The van der Waals surface area contributed by atoms with Crippen LogP contribution < -0.4 is 0 Å². The monoisotopic (exact) mass is 325 g/mol. The van der Waals surface area contributed by atoms with Crippen LogP contribution in [0.25, 0.3) is 0 Å². The first-order chi connectivity index (χ1) is 10.6. The molecule has 0 bridgehead atoms. The third-order valence-electron chi connectivity index (χ3n) is 3.73. The maximum atomic E-state index is 12.2. The molecule has 0 aliphatic carbocycles. The zero-order valence-electron chi connectivity index (χ0n) is 13.9. The molecule has 2 heterocycles. The number of carbonyl (C=O) groups is 2. The van der Waals surface area contributed by atoms with Gasteiger partial charge in [-0.3, -0.25) is 4.79 Å². The highest BCUT2D eigenvalue weighted by Crippen LogP contribution is 2.34. The van der Waals surface area contributed by atoms with E-state index in [1.807, 2.05) is 0 Å². The van der Waals surface area contributed by atoms with Crippen LogP contribution in [0.1, 0.15) is 39.4 Å². The molecule has 128 valence electrons. The first-order valence-electron chi connectivity index (χ1n) is 7.55. The number of hydrogen-bond acceptors (Lipinski definition) is 6. The Balaban J connectivity index is 2.16. The van der Waals surface area contributed by atoms with Crippen molar-refractivity contribution in [2.24, 2.45) is 12.5 Å². The molecule has 2 rings (SSSR count). The molecular weight excluding hydrogens is 302 g/mol. The molecule has 1 aromatic heterocycles. The minimum Gasteiger partial charge on any atom is -0.481 e. The zero-order valence-corrected chi connectivity index (χ0v) is 13.9. The van der Waals surface area contributed by atoms with E-state index in [0.29, 0.717) is 25.2 Å². The molecule has 23 heavy (non-hydrogen) atoms. The zero-order chi connectivity index (χ0) is 17.3. The van der Waals surface area contributed by atoms with Crippen LogP contribution in [0.4, 0.5) is 4.79 Å². The van der Waals surface area contributed by atoms with E-state index in [-0.39, 0.29) is 13.0 Å². The summed E-state index contributed by atoms with van der Waals surface area (Å²) in [5, 5.41) is 21.4. The van der Waals surface area contributed by atoms with Crippen molar-refractivity contribution in [2.75, 3.05) is 13.1 Å². The van der Waals surface area contributed by atoms with Gasteiger partial charge in [-0.25, -0.2) is 4.79 Å². The van der Waals surface area contributed by atoms with Gasteiger partial charge in [0.2, 0.25) is 0 Å². The number of aryl methyl sites for hydroxylation is 1. The van der Waals surface area contributed by atoms with Gasteiger partial charge in [-0.05, 0) is 38.8 Å². The molecule has 1 aliphatic rings. The van der Waals surface area contributed by atoms with Gasteiger partial charge in [-0.2, -0.15) is 4.80 Å². The van der Waals surface area contributed by atoms with Crippen LogP contribution in [0.2, 0.25) is 0 Å². The van der Waals surface area contributed by atoms with E-state index in [4.69, 9.17) is 4.74 Å². The standard InChI is InChI=1S/C14H23N5O4/c1-13(2,3)23-12(22)19-7-5-6-14(9-19,11(20)21)8-10-15-17-18(4)16-10/h5-9H2,1-4H3,(H,20,21). The number of piperidine rings is 1. The van der Waals surface area contributed by atoms with Crippen LogP contribution >= 0.6 is 0 Å². The summed E-state index contributed by atoms with van der Waals surface area (Å²) in [6, 6.07) is 0. The Morgan fingerprint density at radius 2 is 2.09 bits per heavy atom. The van der Waals surface area contributed by atoms with E-state index in [0.717, 1.165) is 0 Å². The molecule has 1 fully saturated rings. The third-order valence-corrected chi connectivity index (χ3v) is 3.73. The van der Waals surface area contributed by atoms with Gasteiger partial charge in [0.25, 0.3) is 0 Å². The first-order valence-corrected chi connectivity index (χ1v) is 7.55. The van der Waals surface area contributed by atoms with Crippen molar-refractivity contribution in [1.82, 2.24) is 25.1 Å². The van der Waals surface area contributed by atoms with Crippen LogP contribution in [0.3, 0.4) is 0 Å². The topological polar surface area (TPSA) is 110 Å². The molecule has 9 nitrogen and oxygen atoms in total. The second-order valence-corrected chi connectivity index (χ2v) is 6.96. The minimum atomic E-state index is -1.11. The molecule has 0 saturated carbocycles. The number of nitrogens with zero attached hydrogens (tertiary/aromatic N) is 5. The van der Waals surface area contributed by atoms with Gasteiger partial charge in [0.05, 0.1) is 12.5 Å². The van der Waals surface area contributed by atoms with E-state index in [9.17, 15) is 14.7 Å². The van der Waals surface area contributed by atoms with Gasteiger partial charge in [0, 0.05) is 19.5 Å². The first kappa shape index (κ1) is 17.2. The third kappa shape index (κ3) is 4.17. The SMILES string of the molecule is Cn1nnc(CC2(C(=O)O)CCCN(C(=O)OC(C)(C)C)C2)n1. The molecule has 1 atom stereocenters. The number of carboxylic acids is 1. The lowest BCUT2D eigenvalue weighted by Gasteiger charge is -2.39. The lowest BCUT2D eigenvalue weighted by molar-refractivity contribution is -0.152. The van der Waals surface area contributed by atoms with Crippen LogP contribution in [-0.2, 0) is 23.0 Å². The number of carbonyl (C=O) groups excluding carboxylic acids is 1. The summed E-state index contributed by atoms with van der Waals surface area (Å²) < 4.78 is 5.35. The highest BCUT2D eigenvalue weighted by atomic mass is 16.6. The number of likely N-dealkylation sites (tertiary alicyclic amines) is 1. The fraction of sp³-hybridized carbons (Fsp3) is 0.786. The van der Waals surface area contributed by atoms with Crippen molar-refractivity contribution in [2.45, 2.75) is 45.6 Å². The minimum absolute atomic E-state index is 0.0789. The van der Waals surface area contributed by atoms with Crippen molar-refractivity contribution >= 4 is 12.1 Å². The molecule has 1 aliphatic heterocycles.